The molecule has 1 N–H and O–H groups in total. The Morgan fingerprint density at radius 3 is 2.55 bits per heavy atom. The van der Waals surface area contributed by atoms with Gasteiger partial charge in [-0.3, -0.25) is 4.55 Å². The molecule has 9 nitrogen and oxygen atoms in total. The Morgan fingerprint density at radius 2 is 1.75 bits per heavy atom. The quantitative estimate of drug-likeness (QED) is 0.0912. The van der Waals surface area contributed by atoms with Gasteiger partial charge < -0.3 is 4.42 Å². The molecule has 0 bridgehead atoms. The van der Waals surface area contributed by atoms with Crippen LogP contribution in [0.5, 0.6) is 0 Å². The molecule has 2 aromatic heterocycles. The maximum Gasteiger partial charge on any atom is 0.343 e. The second-order valence-corrected chi connectivity index (χ2v) is 13.1. The summed E-state index contributed by atoms with van der Waals surface area (Å²) in [6.07, 6.45) is 6.51. The highest BCUT2D eigenvalue weighted by atomic mass is 32.2. The van der Waals surface area contributed by atoms with Crippen molar-refractivity contribution >= 4 is 38.6 Å². The van der Waals surface area contributed by atoms with Crippen molar-refractivity contribution in [2.75, 3.05) is 12.3 Å². The van der Waals surface area contributed by atoms with Crippen molar-refractivity contribution in [3.05, 3.63) is 118 Å². The summed E-state index contributed by atoms with van der Waals surface area (Å²) in [6, 6.07) is 25.6. The van der Waals surface area contributed by atoms with E-state index in [1.54, 1.807) is 16.8 Å². The number of allylic oxidation sites excluding steroid dienone is 1. The van der Waals surface area contributed by atoms with Crippen LogP contribution in [-0.4, -0.2) is 50.5 Å². The highest BCUT2D eigenvalue weighted by molar-refractivity contribution is 7.85. The molecule has 0 unspecified atom stereocenters. The van der Waals surface area contributed by atoms with Crippen LogP contribution in [0.2, 0.25) is 0 Å². The van der Waals surface area contributed by atoms with Crippen molar-refractivity contribution in [3.63, 3.8) is 0 Å². The largest absolute Gasteiger partial charge is 0.422 e. The summed E-state index contributed by atoms with van der Waals surface area (Å²) < 4.78 is 41.3. The van der Waals surface area contributed by atoms with Gasteiger partial charge in [0, 0.05) is 35.1 Å². The minimum absolute atomic E-state index is 0.275. The van der Waals surface area contributed by atoms with E-state index >= 15 is 0 Å². The summed E-state index contributed by atoms with van der Waals surface area (Å²) in [6.45, 7) is 5.43. The SMILES string of the molecule is CC1(C)C(/C=C/c2cc3ccc(-c4cn(Cc5ccccc5)nn4)cc3oc2=O)=[N+](CCCCS(=O)(=O)O)c2ccccc21. The van der Waals surface area contributed by atoms with Gasteiger partial charge in [-0.25, -0.2) is 9.48 Å². The first kappa shape index (κ1) is 29.4. The average Bonchev–Trinajstić information content (AvgIpc) is 3.54. The van der Waals surface area contributed by atoms with E-state index in [1.807, 2.05) is 79.0 Å². The van der Waals surface area contributed by atoms with Crippen molar-refractivity contribution in [3.8, 4) is 11.3 Å². The highest BCUT2D eigenvalue weighted by Crippen LogP contribution is 2.40. The second kappa shape index (κ2) is 11.8. The van der Waals surface area contributed by atoms with Crippen LogP contribution in [0.4, 0.5) is 5.69 Å². The van der Waals surface area contributed by atoms with Gasteiger partial charge in [-0.05, 0) is 44.0 Å². The van der Waals surface area contributed by atoms with Crippen LogP contribution >= 0.6 is 0 Å². The number of aromatic nitrogens is 3. The standard InChI is InChI=1S/C34H32N4O5S/c1-34(2)28-12-6-7-13-30(28)38(18-8-9-19-44(40,41)42)32(34)17-16-27-20-26-15-14-25(21-31(26)43-33(27)39)29-23-37(36-35-29)22-24-10-4-3-5-11-24/h3-7,10-17,20-21,23H,8-9,18-19,22H2,1-2H3/p+1. The lowest BCUT2D eigenvalue weighted by Gasteiger charge is -2.15. The molecule has 1 aliphatic heterocycles. The molecule has 6 rings (SSSR count). The zero-order chi connectivity index (χ0) is 30.9. The van der Waals surface area contributed by atoms with Gasteiger partial charge in [0.15, 0.2) is 5.71 Å². The van der Waals surface area contributed by atoms with E-state index in [0.717, 1.165) is 33.5 Å². The molecule has 0 fully saturated rings. The number of benzene rings is 3. The molecule has 44 heavy (non-hydrogen) atoms. The molecule has 0 saturated heterocycles. The molecule has 224 valence electrons. The van der Waals surface area contributed by atoms with Gasteiger partial charge in [-0.15, -0.1) is 5.10 Å². The summed E-state index contributed by atoms with van der Waals surface area (Å²) in [5.74, 6) is -0.275. The third-order valence-electron chi connectivity index (χ3n) is 8.04. The van der Waals surface area contributed by atoms with Gasteiger partial charge in [0.25, 0.3) is 10.1 Å². The first-order valence-corrected chi connectivity index (χ1v) is 16.1. The molecule has 5 aromatic rings. The Balaban J connectivity index is 1.27. The average molecular weight is 610 g/mol. The van der Waals surface area contributed by atoms with E-state index in [9.17, 15) is 13.2 Å². The Morgan fingerprint density at radius 1 is 0.977 bits per heavy atom. The second-order valence-electron chi connectivity index (χ2n) is 11.5. The molecule has 1 aliphatic rings. The third-order valence-corrected chi connectivity index (χ3v) is 8.84. The van der Waals surface area contributed by atoms with Crippen molar-refractivity contribution in [1.82, 2.24) is 15.0 Å². The number of hydrogen-bond acceptors (Lipinski definition) is 6. The molecule has 0 radical (unpaired) electrons. The van der Waals surface area contributed by atoms with Crippen LogP contribution < -0.4 is 5.63 Å². The zero-order valence-electron chi connectivity index (χ0n) is 24.6. The molecule has 3 aromatic carbocycles. The molecule has 0 spiro atoms. The van der Waals surface area contributed by atoms with E-state index in [4.69, 9.17) is 8.97 Å². The minimum atomic E-state index is -4.01. The highest BCUT2D eigenvalue weighted by Gasteiger charge is 2.43. The summed E-state index contributed by atoms with van der Waals surface area (Å²) in [4.78, 5) is 13.1. The lowest BCUT2D eigenvalue weighted by Crippen LogP contribution is -2.28. The van der Waals surface area contributed by atoms with E-state index in [-0.39, 0.29) is 11.2 Å². The van der Waals surface area contributed by atoms with Crippen LogP contribution in [0.25, 0.3) is 28.3 Å². The first-order valence-electron chi connectivity index (χ1n) is 14.5. The van der Waals surface area contributed by atoms with Crippen LogP contribution in [-0.2, 0) is 22.1 Å². The summed E-state index contributed by atoms with van der Waals surface area (Å²) in [5, 5.41) is 9.34. The maximum atomic E-state index is 13.1. The van der Waals surface area contributed by atoms with Crippen molar-refractivity contribution in [2.45, 2.75) is 38.6 Å². The van der Waals surface area contributed by atoms with E-state index < -0.39 is 15.7 Å². The Hall–Kier alpha value is -4.67. The Kier molecular flexibility index (Phi) is 7.87. The van der Waals surface area contributed by atoms with Crippen molar-refractivity contribution in [2.24, 2.45) is 0 Å². The molecule has 10 heteroatoms. The topological polar surface area (TPSA) is 118 Å². The van der Waals surface area contributed by atoms with Crippen LogP contribution in [0.15, 0.2) is 100 Å². The normalized spacial score (nSPS) is 14.5. The Bertz CT molecular complexity index is 2080. The molecule has 0 aliphatic carbocycles. The molecule has 0 amide bonds. The number of rotatable bonds is 10. The Labute approximate surface area is 255 Å². The lowest BCUT2D eigenvalue weighted by atomic mass is 9.81. The van der Waals surface area contributed by atoms with E-state index in [2.05, 4.69) is 34.8 Å². The first-order chi connectivity index (χ1) is 21.1. The predicted molar refractivity (Wildman–Crippen MR) is 171 cm³/mol. The molecular formula is C34H33N4O5S+. The maximum absolute atomic E-state index is 13.1. The van der Waals surface area contributed by atoms with Gasteiger partial charge in [0.05, 0.1) is 29.5 Å². The van der Waals surface area contributed by atoms with Gasteiger partial charge in [-0.1, -0.05) is 65.9 Å². The van der Waals surface area contributed by atoms with E-state index in [0.29, 0.717) is 42.8 Å². The molecule has 0 atom stereocenters. The smallest absolute Gasteiger partial charge is 0.343 e. The van der Waals surface area contributed by atoms with Crippen LogP contribution in [0, 0.1) is 0 Å². The lowest BCUT2D eigenvalue weighted by molar-refractivity contribution is -0.438. The fourth-order valence-corrected chi connectivity index (χ4v) is 6.36. The number of unbranched alkanes of at least 4 members (excludes halogenated alkanes) is 1. The fourth-order valence-electron chi connectivity index (χ4n) is 5.79. The summed E-state index contributed by atoms with van der Waals surface area (Å²) in [5.41, 5.74) is 5.87. The van der Waals surface area contributed by atoms with Gasteiger partial charge in [0.2, 0.25) is 5.69 Å². The zero-order valence-corrected chi connectivity index (χ0v) is 25.4. The minimum Gasteiger partial charge on any atom is -0.422 e. The van der Waals surface area contributed by atoms with Crippen molar-refractivity contribution in [1.29, 1.82) is 0 Å². The van der Waals surface area contributed by atoms with Gasteiger partial charge >= 0.3 is 5.63 Å². The van der Waals surface area contributed by atoms with Crippen LogP contribution in [0.1, 0.15) is 43.4 Å². The monoisotopic (exact) mass is 609 g/mol. The van der Waals surface area contributed by atoms with Gasteiger partial charge in [0.1, 0.15) is 17.8 Å². The molecule has 3 heterocycles. The summed E-state index contributed by atoms with van der Waals surface area (Å²) in [7, 11) is -4.01. The number of para-hydroxylation sites is 1. The van der Waals surface area contributed by atoms with Crippen LogP contribution in [0.3, 0.4) is 0 Å². The molecular weight excluding hydrogens is 576 g/mol. The molecule has 0 saturated carbocycles. The van der Waals surface area contributed by atoms with Crippen molar-refractivity contribution < 1.29 is 22.0 Å². The van der Waals surface area contributed by atoms with Gasteiger partial charge in [-0.2, -0.15) is 13.0 Å². The fraction of sp³-hybridized carbons (Fsp3) is 0.235. The third kappa shape index (κ3) is 6.17. The number of fused-ring (bicyclic) bond motifs is 2. The summed E-state index contributed by atoms with van der Waals surface area (Å²) >= 11 is 0. The number of hydrogen-bond donors (Lipinski definition) is 1. The van der Waals surface area contributed by atoms with E-state index in [1.165, 1.54) is 0 Å². The predicted octanol–water partition coefficient (Wildman–Crippen LogP) is 5.86. The number of nitrogens with zero attached hydrogens (tertiary/aromatic N) is 4.